The van der Waals surface area contributed by atoms with Crippen LogP contribution in [0.15, 0.2) is 36.5 Å². The predicted molar refractivity (Wildman–Crippen MR) is 84.5 cm³/mol. The molecule has 2 aromatic rings. The molecule has 6 heteroatoms. The summed E-state index contributed by atoms with van der Waals surface area (Å²) >= 11 is 0. The van der Waals surface area contributed by atoms with Crippen LogP contribution in [0.1, 0.15) is 19.0 Å². The smallest absolute Gasteiger partial charge is 0.129 e. The number of piperidine rings is 1. The molecule has 1 aliphatic heterocycles. The highest BCUT2D eigenvalue weighted by Gasteiger charge is 2.39. The first kappa shape index (κ1) is 16.0. The highest BCUT2D eigenvalue weighted by atomic mass is 19.1. The van der Waals surface area contributed by atoms with Crippen LogP contribution >= 0.6 is 0 Å². The molecule has 1 N–H and O–H groups in total. The van der Waals surface area contributed by atoms with Gasteiger partial charge in [-0.15, -0.1) is 0 Å². The van der Waals surface area contributed by atoms with Gasteiger partial charge in [-0.1, -0.05) is 6.07 Å². The summed E-state index contributed by atoms with van der Waals surface area (Å²) in [5.74, 6) is 0.114. The van der Waals surface area contributed by atoms with Crippen LogP contribution in [0.4, 0.5) is 4.39 Å². The molecule has 1 fully saturated rings. The van der Waals surface area contributed by atoms with Gasteiger partial charge in [0.2, 0.25) is 0 Å². The molecular weight excluding hydrogens is 297 g/mol. The summed E-state index contributed by atoms with van der Waals surface area (Å²) in [5.41, 5.74) is -0.0212. The SMILES string of the molecule is Cn1ccc(CN2CC[C@H](Oc3cccc(F)c3)[C@@](C)(O)C2)n1. The zero-order valence-electron chi connectivity index (χ0n) is 13.4. The highest BCUT2D eigenvalue weighted by molar-refractivity contribution is 5.23. The van der Waals surface area contributed by atoms with Crippen molar-refractivity contribution in [2.24, 2.45) is 7.05 Å². The van der Waals surface area contributed by atoms with Gasteiger partial charge in [-0.2, -0.15) is 5.10 Å². The Hall–Kier alpha value is -1.92. The Kier molecular flexibility index (Phi) is 4.37. The lowest BCUT2D eigenvalue weighted by Gasteiger charge is -2.42. The maximum Gasteiger partial charge on any atom is 0.129 e. The number of nitrogens with zero attached hydrogens (tertiary/aromatic N) is 3. The Bertz CT molecular complexity index is 671. The summed E-state index contributed by atoms with van der Waals surface area (Å²) < 4.78 is 20.8. The Morgan fingerprint density at radius 2 is 2.26 bits per heavy atom. The second kappa shape index (κ2) is 6.29. The molecule has 0 aliphatic carbocycles. The van der Waals surface area contributed by atoms with Gasteiger partial charge in [0.1, 0.15) is 23.3 Å². The van der Waals surface area contributed by atoms with Gasteiger partial charge in [0.05, 0.1) is 5.69 Å². The van der Waals surface area contributed by atoms with E-state index in [1.807, 2.05) is 19.3 Å². The van der Waals surface area contributed by atoms with Crippen LogP contribution in [0.2, 0.25) is 0 Å². The van der Waals surface area contributed by atoms with Gasteiger partial charge < -0.3 is 9.84 Å². The first-order valence-corrected chi connectivity index (χ1v) is 7.78. The molecule has 0 amide bonds. The van der Waals surface area contributed by atoms with Gasteiger partial charge in [0.15, 0.2) is 0 Å². The van der Waals surface area contributed by atoms with Crippen LogP contribution in [0.3, 0.4) is 0 Å². The van der Waals surface area contributed by atoms with Crippen LogP contribution in [0, 0.1) is 5.82 Å². The molecule has 0 bridgehead atoms. The van der Waals surface area contributed by atoms with Crippen molar-refractivity contribution in [3.63, 3.8) is 0 Å². The Morgan fingerprint density at radius 1 is 1.43 bits per heavy atom. The van der Waals surface area contributed by atoms with Crippen LogP contribution in [0.5, 0.6) is 5.75 Å². The second-order valence-electron chi connectivity index (χ2n) is 6.40. The van der Waals surface area contributed by atoms with Gasteiger partial charge in [-0.05, 0) is 31.5 Å². The minimum absolute atomic E-state index is 0.338. The highest BCUT2D eigenvalue weighted by Crippen LogP contribution is 2.27. The van der Waals surface area contributed by atoms with Crippen molar-refractivity contribution in [1.82, 2.24) is 14.7 Å². The fourth-order valence-corrected chi connectivity index (χ4v) is 3.05. The molecule has 1 saturated heterocycles. The van der Waals surface area contributed by atoms with E-state index in [1.54, 1.807) is 23.7 Å². The van der Waals surface area contributed by atoms with Gasteiger partial charge in [-0.25, -0.2) is 4.39 Å². The number of aryl methyl sites for hydroxylation is 1. The monoisotopic (exact) mass is 319 g/mol. The molecule has 1 aromatic heterocycles. The first-order valence-electron chi connectivity index (χ1n) is 7.78. The molecule has 1 aromatic carbocycles. The third-order valence-corrected chi connectivity index (χ3v) is 4.17. The van der Waals surface area contributed by atoms with Gasteiger partial charge in [0.25, 0.3) is 0 Å². The van der Waals surface area contributed by atoms with Crippen LogP contribution in [-0.2, 0) is 13.6 Å². The Labute approximate surface area is 135 Å². The summed E-state index contributed by atoms with van der Waals surface area (Å²) in [6.07, 6.45) is 2.23. The summed E-state index contributed by atoms with van der Waals surface area (Å²) in [6, 6.07) is 8.01. The van der Waals surface area contributed by atoms with E-state index < -0.39 is 5.60 Å². The van der Waals surface area contributed by atoms with Gasteiger partial charge >= 0.3 is 0 Å². The van der Waals surface area contributed by atoms with Crippen LogP contribution < -0.4 is 4.74 Å². The lowest BCUT2D eigenvalue weighted by molar-refractivity contribution is -0.0995. The van der Waals surface area contributed by atoms with Crippen molar-refractivity contribution >= 4 is 0 Å². The lowest BCUT2D eigenvalue weighted by atomic mass is 9.91. The average Bonchev–Trinajstić information content (AvgIpc) is 2.87. The summed E-state index contributed by atoms with van der Waals surface area (Å²) in [6.45, 7) is 3.75. The van der Waals surface area contributed by atoms with Crippen molar-refractivity contribution < 1.29 is 14.2 Å². The molecule has 3 rings (SSSR count). The van der Waals surface area contributed by atoms with Gasteiger partial charge in [-0.3, -0.25) is 9.58 Å². The van der Waals surface area contributed by atoms with E-state index in [0.717, 1.165) is 12.2 Å². The van der Waals surface area contributed by atoms with E-state index in [1.165, 1.54) is 12.1 Å². The number of likely N-dealkylation sites (tertiary alicyclic amines) is 1. The van der Waals surface area contributed by atoms with E-state index in [2.05, 4.69) is 10.00 Å². The number of ether oxygens (including phenoxy) is 1. The number of β-amino-alcohol motifs (C(OH)–C–C–N with tert-alkyl or cyclic N) is 1. The van der Waals surface area contributed by atoms with Gasteiger partial charge in [0, 0.05) is 38.9 Å². The topological polar surface area (TPSA) is 50.5 Å². The number of hydrogen-bond acceptors (Lipinski definition) is 4. The standard InChI is InChI=1S/C17H22FN3O2/c1-17(22)12-21(11-14-6-8-20(2)19-14)9-7-16(17)23-15-5-3-4-13(18)10-15/h3-6,8,10,16,22H,7,9,11-12H2,1-2H3/t16-,17-/m0/s1. The molecule has 2 atom stereocenters. The number of benzene rings is 1. The maximum absolute atomic E-state index is 13.3. The minimum atomic E-state index is -1.00. The van der Waals surface area contributed by atoms with Crippen molar-refractivity contribution in [2.75, 3.05) is 13.1 Å². The summed E-state index contributed by atoms with van der Waals surface area (Å²) in [7, 11) is 1.89. The third kappa shape index (κ3) is 3.89. The minimum Gasteiger partial charge on any atom is -0.487 e. The molecule has 0 spiro atoms. The largest absolute Gasteiger partial charge is 0.487 e. The number of hydrogen-bond donors (Lipinski definition) is 1. The normalized spacial score (nSPS) is 25.5. The molecule has 23 heavy (non-hydrogen) atoms. The van der Waals surface area contributed by atoms with Crippen molar-refractivity contribution in [1.29, 1.82) is 0 Å². The van der Waals surface area contributed by atoms with E-state index in [4.69, 9.17) is 4.74 Å². The molecule has 0 radical (unpaired) electrons. The Balaban J connectivity index is 1.63. The zero-order chi connectivity index (χ0) is 16.4. The van der Waals surface area contributed by atoms with Crippen molar-refractivity contribution in [3.05, 3.63) is 48.0 Å². The summed E-state index contributed by atoms with van der Waals surface area (Å²) in [5, 5.41) is 15.1. The van der Waals surface area contributed by atoms with E-state index in [0.29, 0.717) is 25.3 Å². The molecule has 5 nitrogen and oxygen atoms in total. The molecule has 124 valence electrons. The number of aliphatic hydroxyl groups is 1. The van der Waals surface area contributed by atoms with Crippen LogP contribution in [-0.4, -0.2) is 44.6 Å². The molecule has 1 aliphatic rings. The molecular formula is C17H22FN3O2. The molecule has 0 saturated carbocycles. The molecule has 0 unspecified atom stereocenters. The molecule has 2 heterocycles. The second-order valence-corrected chi connectivity index (χ2v) is 6.40. The van der Waals surface area contributed by atoms with E-state index in [-0.39, 0.29) is 11.9 Å². The fourth-order valence-electron chi connectivity index (χ4n) is 3.05. The average molecular weight is 319 g/mol. The third-order valence-electron chi connectivity index (χ3n) is 4.17. The summed E-state index contributed by atoms with van der Waals surface area (Å²) in [4.78, 5) is 2.16. The zero-order valence-corrected chi connectivity index (χ0v) is 13.4. The maximum atomic E-state index is 13.3. The number of rotatable bonds is 4. The van der Waals surface area contributed by atoms with E-state index >= 15 is 0 Å². The predicted octanol–water partition coefficient (Wildman–Crippen LogP) is 1.96. The first-order chi connectivity index (χ1) is 10.9. The van der Waals surface area contributed by atoms with Crippen molar-refractivity contribution in [2.45, 2.75) is 31.6 Å². The number of aromatic nitrogens is 2. The quantitative estimate of drug-likeness (QED) is 0.936. The van der Waals surface area contributed by atoms with Crippen LogP contribution in [0.25, 0.3) is 0 Å². The number of halogens is 1. The fraction of sp³-hybridized carbons (Fsp3) is 0.471. The van der Waals surface area contributed by atoms with E-state index in [9.17, 15) is 9.50 Å². The Morgan fingerprint density at radius 3 is 2.91 bits per heavy atom. The lowest BCUT2D eigenvalue weighted by Crippen LogP contribution is -2.56. The van der Waals surface area contributed by atoms with Crippen molar-refractivity contribution in [3.8, 4) is 5.75 Å².